The van der Waals surface area contributed by atoms with Crippen molar-refractivity contribution in [1.29, 1.82) is 0 Å². The van der Waals surface area contributed by atoms with Gasteiger partial charge >= 0.3 is 0 Å². The summed E-state index contributed by atoms with van der Waals surface area (Å²) in [7, 11) is 0. The molecule has 0 fully saturated rings. The van der Waals surface area contributed by atoms with Gasteiger partial charge in [0, 0.05) is 0 Å². The van der Waals surface area contributed by atoms with E-state index in [1.165, 1.54) is 96.3 Å². The smallest absolute Gasteiger partial charge is 0.0351 e. The molecule has 0 aliphatic carbocycles. The van der Waals surface area contributed by atoms with Crippen LogP contribution in [-0.4, -0.2) is 0 Å². The van der Waals surface area contributed by atoms with Crippen LogP contribution in [-0.2, 0) is 0 Å². The van der Waals surface area contributed by atoms with Crippen LogP contribution in [0, 0.1) is 0 Å². The van der Waals surface area contributed by atoms with E-state index in [0.717, 1.165) is 0 Å². The molecule has 0 saturated heterocycles. The highest BCUT2D eigenvalue weighted by molar-refractivity contribution is 4.81. The summed E-state index contributed by atoms with van der Waals surface area (Å²) in [6.45, 7) is 4.40. The van der Waals surface area contributed by atoms with Crippen molar-refractivity contribution < 1.29 is 0 Å². The molecule has 0 nitrogen and oxygen atoms in total. The molecule has 0 aromatic rings. The van der Waals surface area contributed by atoms with E-state index >= 15 is 0 Å². The second kappa shape index (κ2) is 19.5. The fraction of sp³-hybridized carbons (Fsp3) is 0.810. The quantitative estimate of drug-likeness (QED) is 0.200. The second-order valence-corrected chi connectivity index (χ2v) is 6.30. The predicted molar refractivity (Wildman–Crippen MR) is 98.9 cm³/mol. The molecule has 0 atom stereocenters. The summed E-state index contributed by atoms with van der Waals surface area (Å²) in [6.07, 6.45) is 30.1. The van der Waals surface area contributed by atoms with Gasteiger partial charge in [-0.1, -0.05) is 89.0 Å². The minimum Gasteiger partial charge on any atom is -0.0917 e. The van der Waals surface area contributed by atoms with Gasteiger partial charge in [-0.2, -0.15) is 0 Å². The van der Waals surface area contributed by atoms with E-state index in [-0.39, 0.29) is 0 Å². The molecule has 0 heterocycles. The van der Waals surface area contributed by atoms with Crippen LogP contribution in [0.25, 0.3) is 0 Å². The first-order chi connectivity index (χ1) is 10.4. The van der Waals surface area contributed by atoms with E-state index in [0.29, 0.717) is 0 Å². The second-order valence-electron chi connectivity index (χ2n) is 6.30. The Morgan fingerprint density at radius 3 is 1.29 bits per heavy atom. The molecule has 124 valence electrons. The van der Waals surface area contributed by atoms with Gasteiger partial charge in [-0.05, 0) is 45.4 Å². The zero-order valence-corrected chi connectivity index (χ0v) is 14.9. The Kier molecular flexibility index (Phi) is 19.0. The van der Waals surface area contributed by atoms with Crippen LogP contribution in [0.2, 0.25) is 0 Å². The largest absolute Gasteiger partial charge is 0.0917 e. The van der Waals surface area contributed by atoms with Crippen molar-refractivity contribution in [2.24, 2.45) is 0 Å². The minimum atomic E-state index is 1.28. The lowest BCUT2D eigenvalue weighted by Gasteiger charge is -1.99. The van der Waals surface area contributed by atoms with Crippen LogP contribution in [0.15, 0.2) is 24.3 Å². The highest BCUT2D eigenvalue weighted by atomic mass is 14.0. The molecule has 0 aliphatic rings. The molecule has 0 spiro atoms. The molecular formula is C21H40. The van der Waals surface area contributed by atoms with E-state index in [1.807, 2.05) is 0 Å². The molecule has 0 unspecified atom stereocenters. The molecule has 0 radical (unpaired) electrons. The summed E-state index contributed by atoms with van der Waals surface area (Å²) >= 11 is 0. The first-order valence-corrected chi connectivity index (χ1v) is 9.68. The van der Waals surface area contributed by atoms with Crippen LogP contribution >= 0.6 is 0 Å². The number of hydrogen-bond acceptors (Lipinski definition) is 0. The SMILES string of the molecule is C/C=C/CCCCCCCC/C=C\CCCCCCCC. The maximum Gasteiger partial charge on any atom is -0.0351 e. The third kappa shape index (κ3) is 19.5. The zero-order valence-electron chi connectivity index (χ0n) is 14.9. The van der Waals surface area contributed by atoms with E-state index in [9.17, 15) is 0 Å². The lowest BCUT2D eigenvalue weighted by Crippen LogP contribution is -1.80. The summed E-state index contributed by atoms with van der Waals surface area (Å²) in [6, 6.07) is 0. The van der Waals surface area contributed by atoms with Crippen LogP contribution in [0.3, 0.4) is 0 Å². The van der Waals surface area contributed by atoms with Crippen LogP contribution < -0.4 is 0 Å². The number of rotatable bonds is 16. The van der Waals surface area contributed by atoms with Crippen molar-refractivity contribution in [1.82, 2.24) is 0 Å². The summed E-state index contributed by atoms with van der Waals surface area (Å²) in [4.78, 5) is 0. The fourth-order valence-corrected chi connectivity index (χ4v) is 2.68. The first kappa shape index (κ1) is 20.5. The molecule has 0 bridgehead atoms. The van der Waals surface area contributed by atoms with Gasteiger partial charge in [-0.3, -0.25) is 0 Å². The topological polar surface area (TPSA) is 0 Å². The summed E-state index contributed by atoms with van der Waals surface area (Å²) in [5.74, 6) is 0. The lowest BCUT2D eigenvalue weighted by atomic mass is 10.1. The zero-order chi connectivity index (χ0) is 15.4. The third-order valence-electron chi connectivity index (χ3n) is 4.12. The Morgan fingerprint density at radius 1 is 0.476 bits per heavy atom. The number of hydrogen-bond donors (Lipinski definition) is 0. The molecule has 0 heteroatoms. The first-order valence-electron chi connectivity index (χ1n) is 9.68. The Morgan fingerprint density at radius 2 is 0.857 bits per heavy atom. The van der Waals surface area contributed by atoms with E-state index in [2.05, 4.69) is 38.2 Å². The van der Waals surface area contributed by atoms with Crippen molar-refractivity contribution in [3.05, 3.63) is 24.3 Å². The van der Waals surface area contributed by atoms with E-state index < -0.39 is 0 Å². The van der Waals surface area contributed by atoms with Crippen LogP contribution in [0.4, 0.5) is 0 Å². The van der Waals surface area contributed by atoms with Crippen molar-refractivity contribution in [2.45, 2.75) is 110 Å². The van der Waals surface area contributed by atoms with Gasteiger partial charge in [-0.15, -0.1) is 0 Å². The Hall–Kier alpha value is -0.520. The summed E-state index contributed by atoms with van der Waals surface area (Å²) in [5.41, 5.74) is 0. The Labute approximate surface area is 135 Å². The molecule has 0 saturated carbocycles. The van der Waals surface area contributed by atoms with Gasteiger partial charge in [0.15, 0.2) is 0 Å². The summed E-state index contributed by atoms with van der Waals surface area (Å²) in [5, 5.41) is 0. The number of unbranched alkanes of at least 4 members (excludes halogenated alkanes) is 13. The van der Waals surface area contributed by atoms with Gasteiger partial charge in [0.1, 0.15) is 0 Å². The van der Waals surface area contributed by atoms with Crippen molar-refractivity contribution in [3.63, 3.8) is 0 Å². The highest BCUT2D eigenvalue weighted by Gasteiger charge is 1.90. The van der Waals surface area contributed by atoms with Gasteiger partial charge < -0.3 is 0 Å². The van der Waals surface area contributed by atoms with Crippen molar-refractivity contribution >= 4 is 0 Å². The van der Waals surface area contributed by atoms with Gasteiger partial charge in [0.25, 0.3) is 0 Å². The predicted octanol–water partition coefficient (Wildman–Crippen LogP) is 7.99. The van der Waals surface area contributed by atoms with Gasteiger partial charge in [0.05, 0.1) is 0 Å². The average molecular weight is 293 g/mol. The normalized spacial score (nSPS) is 11.9. The standard InChI is InChI=1S/C21H40/c1-3-5-7-9-11-13-15-17-19-21-20-18-16-14-12-10-8-6-4-2/h3,5,18,20H,4,6-17,19,21H2,1-2H3/b5-3+,20-18-. The van der Waals surface area contributed by atoms with Gasteiger partial charge in [0.2, 0.25) is 0 Å². The van der Waals surface area contributed by atoms with Crippen LogP contribution in [0.1, 0.15) is 110 Å². The average Bonchev–Trinajstić information content (AvgIpc) is 2.50. The molecule has 0 N–H and O–H groups in total. The molecule has 0 rings (SSSR count). The Balaban J connectivity index is 3.05. The number of allylic oxidation sites excluding steroid dienone is 4. The van der Waals surface area contributed by atoms with Crippen LogP contribution in [0.5, 0.6) is 0 Å². The fourth-order valence-electron chi connectivity index (χ4n) is 2.68. The molecule has 0 aromatic carbocycles. The molecule has 21 heavy (non-hydrogen) atoms. The lowest BCUT2D eigenvalue weighted by molar-refractivity contribution is 0.598. The van der Waals surface area contributed by atoms with Crippen molar-refractivity contribution in [2.75, 3.05) is 0 Å². The molecule has 0 amide bonds. The van der Waals surface area contributed by atoms with Crippen molar-refractivity contribution in [3.8, 4) is 0 Å². The highest BCUT2D eigenvalue weighted by Crippen LogP contribution is 2.10. The third-order valence-corrected chi connectivity index (χ3v) is 4.12. The van der Waals surface area contributed by atoms with Gasteiger partial charge in [-0.25, -0.2) is 0 Å². The minimum absolute atomic E-state index is 1.28. The molecule has 0 aromatic heterocycles. The maximum atomic E-state index is 2.41. The maximum absolute atomic E-state index is 2.41. The van der Waals surface area contributed by atoms with E-state index in [4.69, 9.17) is 0 Å². The summed E-state index contributed by atoms with van der Waals surface area (Å²) < 4.78 is 0. The monoisotopic (exact) mass is 292 g/mol. The molecule has 0 aliphatic heterocycles. The molecular weight excluding hydrogens is 252 g/mol. The van der Waals surface area contributed by atoms with E-state index in [1.54, 1.807) is 0 Å². The Bertz CT molecular complexity index is 224.